The van der Waals surface area contributed by atoms with Crippen molar-refractivity contribution >= 4 is 23.6 Å². The van der Waals surface area contributed by atoms with Crippen molar-refractivity contribution in [2.45, 2.75) is 79.1 Å². The summed E-state index contributed by atoms with van der Waals surface area (Å²) < 4.78 is 5.60. The lowest BCUT2D eigenvalue weighted by molar-refractivity contribution is -0.131. The molecular weight excluding hydrogens is 442 g/mol. The number of hydrogen-bond acceptors (Lipinski definition) is 4. The summed E-state index contributed by atoms with van der Waals surface area (Å²) in [5, 5.41) is 5.86. The van der Waals surface area contributed by atoms with E-state index in [-0.39, 0.29) is 24.3 Å². The van der Waals surface area contributed by atoms with Crippen LogP contribution in [0.25, 0.3) is 0 Å². The Hall–Kier alpha value is -3.35. The largest absolute Gasteiger partial charge is 0.444 e. The lowest BCUT2D eigenvalue weighted by Gasteiger charge is -2.37. The van der Waals surface area contributed by atoms with Crippen LogP contribution in [-0.2, 0) is 27.3 Å². The fraction of sp³-hybridized carbons (Fsp3) is 0.464. The van der Waals surface area contributed by atoms with E-state index in [1.165, 1.54) is 4.90 Å². The fourth-order valence-corrected chi connectivity index (χ4v) is 4.22. The zero-order valence-electron chi connectivity index (χ0n) is 21.8. The van der Waals surface area contributed by atoms with Gasteiger partial charge in [-0.1, -0.05) is 55.8 Å². The molecule has 35 heavy (non-hydrogen) atoms. The molecule has 0 saturated carbocycles. The van der Waals surface area contributed by atoms with Crippen LogP contribution in [0.4, 0.5) is 10.5 Å². The maximum atomic E-state index is 13.5. The Kier molecular flexibility index (Phi) is 7.88. The maximum absolute atomic E-state index is 13.5. The van der Waals surface area contributed by atoms with Gasteiger partial charge in [-0.25, -0.2) is 4.79 Å². The van der Waals surface area contributed by atoms with E-state index in [1.54, 1.807) is 20.8 Å². The quantitative estimate of drug-likeness (QED) is 0.648. The highest BCUT2D eigenvalue weighted by Gasteiger charge is 2.38. The first kappa shape index (κ1) is 26.3. The van der Waals surface area contributed by atoms with E-state index in [1.807, 2.05) is 70.2 Å². The van der Waals surface area contributed by atoms with Crippen molar-refractivity contribution in [2.24, 2.45) is 5.92 Å². The Labute approximate surface area is 208 Å². The zero-order valence-corrected chi connectivity index (χ0v) is 21.8. The number of aryl methyl sites for hydroxylation is 2. The molecule has 0 radical (unpaired) electrons. The molecule has 0 aromatic heterocycles. The molecule has 7 nitrogen and oxygen atoms in total. The number of amides is 3. The van der Waals surface area contributed by atoms with Crippen LogP contribution >= 0.6 is 0 Å². The number of benzene rings is 2. The Morgan fingerprint density at radius 2 is 1.69 bits per heavy atom. The molecule has 188 valence electrons. The summed E-state index contributed by atoms with van der Waals surface area (Å²) in [6, 6.07) is 12.0. The second-order valence-electron chi connectivity index (χ2n) is 10.6. The van der Waals surface area contributed by atoms with Crippen LogP contribution in [0.2, 0.25) is 0 Å². The van der Waals surface area contributed by atoms with E-state index >= 15 is 0 Å². The lowest BCUT2D eigenvalue weighted by atomic mass is 9.93. The van der Waals surface area contributed by atoms with E-state index < -0.39 is 23.8 Å². The third-order valence-corrected chi connectivity index (χ3v) is 6.07. The highest BCUT2D eigenvalue weighted by molar-refractivity contribution is 5.99. The number of fused-ring (bicyclic) bond motifs is 1. The maximum Gasteiger partial charge on any atom is 0.411 e. The highest BCUT2D eigenvalue weighted by Crippen LogP contribution is 2.26. The first-order chi connectivity index (χ1) is 16.4. The minimum atomic E-state index is -0.782. The fourth-order valence-electron chi connectivity index (χ4n) is 4.22. The molecule has 2 aromatic carbocycles. The van der Waals surface area contributed by atoms with Crippen LogP contribution in [0.1, 0.15) is 56.9 Å². The van der Waals surface area contributed by atoms with E-state index in [0.717, 1.165) is 22.3 Å². The monoisotopic (exact) mass is 479 g/mol. The highest BCUT2D eigenvalue weighted by atomic mass is 16.6. The van der Waals surface area contributed by atoms with Gasteiger partial charge in [0.25, 0.3) is 0 Å². The molecule has 0 unspecified atom stereocenters. The van der Waals surface area contributed by atoms with Crippen molar-refractivity contribution in [1.82, 2.24) is 10.2 Å². The minimum Gasteiger partial charge on any atom is -0.444 e. The van der Waals surface area contributed by atoms with Gasteiger partial charge < -0.3 is 15.4 Å². The summed E-state index contributed by atoms with van der Waals surface area (Å²) in [5.41, 5.74) is 4.06. The van der Waals surface area contributed by atoms with Gasteiger partial charge in [0.1, 0.15) is 17.7 Å². The number of carbonyl (C=O) groups excluding carboxylic acids is 3. The molecule has 3 rings (SSSR count). The molecule has 0 fully saturated rings. The summed E-state index contributed by atoms with van der Waals surface area (Å²) >= 11 is 0. The van der Waals surface area contributed by atoms with Gasteiger partial charge in [-0.15, -0.1) is 0 Å². The van der Waals surface area contributed by atoms with E-state index in [9.17, 15) is 14.4 Å². The van der Waals surface area contributed by atoms with Gasteiger partial charge in [0.05, 0.1) is 6.54 Å². The van der Waals surface area contributed by atoms with Gasteiger partial charge in [0, 0.05) is 12.1 Å². The minimum absolute atomic E-state index is 0.157. The molecule has 0 aliphatic carbocycles. The second kappa shape index (κ2) is 10.5. The van der Waals surface area contributed by atoms with Crippen LogP contribution < -0.4 is 10.6 Å². The lowest BCUT2D eigenvalue weighted by Crippen LogP contribution is -2.57. The van der Waals surface area contributed by atoms with Gasteiger partial charge in [-0.3, -0.25) is 14.5 Å². The molecule has 2 aromatic rings. The SMILES string of the molecule is Cc1ccc(NC(=O)[C@@H](NC(=O)[C@@H]2Cc3ccccc3CN2C(=O)OC(C)(C)C)C(C)C)c(C)c1. The van der Waals surface area contributed by atoms with Gasteiger partial charge in [0.15, 0.2) is 0 Å². The van der Waals surface area contributed by atoms with Crippen molar-refractivity contribution in [1.29, 1.82) is 0 Å². The van der Waals surface area contributed by atoms with Gasteiger partial charge in [0.2, 0.25) is 11.8 Å². The third kappa shape index (κ3) is 6.62. The molecule has 0 spiro atoms. The average Bonchev–Trinajstić information content (AvgIpc) is 2.76. The third-order valence-electron chi connectivity index (χ3n) is 6.07. The van der Waals surface area contributed by atoms with Crippen LogP contribution in [0.5, 0.6) is 0 Å². The molecule has 2 N–H and O–H groups in total. The number of carbonyl (C=O) groups is 3. The van der Waals surface area contributed by atoms with Crippen LogP contribution in [0.3, 0.4) is 0 Å². The van der Waals surface area contributed by atoms with E-state index in [4.69, 9.17) is 4.74 Å². The van der Waals surface area contributed by atoms with E-state index in [0.29, 0.717) is 12.1 Å². The number of rotatable bonds is 5. The number of nitrogens with one attached hydrogen (secondary N) is 2. The van der Waals surface area contributed by atoms with Crippen molar-refractivity contribution in [3.05, 3.63) is 64.7 Å². The summed E-state index contributed by atoms with van der Waals surface area (Å²) in [5.74, 6) is -0.823. The van der Waals surface area contributed by atoms with E-state index in [2.05, 4.69) is 10.6 Å². The average molecular weight is 480 g/mol. The number of hydrogen-bond donors (Lipinski definition) is 2. The summed E-state index contributed by atoms with van der Waals surface area (Å²) in [6.45, 7) is 13.4. The predicted octanol–water partition coefficient (Wildman–Crippen LogP) is 4.74. The summed E-state index contributed by atoms with van der Waals surface area (Å²) in [7, 11) is 0. The zero-order chi connectivity index (χ0) is 25.9. The Balaban J connectivity index is 1.82. The molecule has 1 aliphatic rings. The predicted molar refractivity (Wildman–Crippen MR) is 137 cm³/mol. The molecular formula is C28H37N3O4. The summed E-state index contributed by atoms with van der Waals surface area (Å²) in [4.78, 5) is 41.2. The molecule has 0 saturated heterocycles. The van der Waals surface area contributed by atoms with Crippen molar-refractivity contribution < 1.29 is 19.1 Å². The van der Waals surface area contributed by atoms with Gasteiger partial charge in [-0.05, 0) is 63.3 Å². The van der Waals surface area contributed by atoms with Crippen LogP contribution in [0.15, 0.2) is 42.5 Å². The normalized spacial score (nSPS) is 16.3. The Morgan fingerprint density at radius 1 is 1.03 bits per heavy atom. The second-order valence-corrected chi connectivity index (χ2v) is 10.6. The first-order valence-electron chi connectivity index (χ1n) is 12.1. The van der Waals surface area contributed by atoms with Crippen molar-refractivity contribution in [3.8, 4) is 0 Å². The number of nitrogens with zero attached hydrogens (tertiary/aromatic N) is 1. The molecule has 3 amide bonds. The van der Waals surface area contributed by atoms with Gasteiger partial charge >= 0.3 is 6.09 Å². The van der Waals surface area contributed by atoms with Crippen LogP contribution in [0, 0.1) is 19.8 Å². The summed E-state index contributed by atoms with van der Waals surface area (Å²) in [6.07, 6.45) is -0.196. The molecule has 0 bridgehead atoms. The molecule has 7 heteroatoms. The number of anilines is 1. The Bertz CT molecular complexity index is 1100. The topological polar surface area (TPSA) is 87.7 Å². The smallest absolute Gasteiger partial charge is 0.411 e. The van der Waals surface area contributed by atoms with Crippen molar-refractivity contribution in [2.75, 3.05) is 5.32 Å². The standard InChI is InChI=1S/C28H37N3O4/c1-17(2)24(26(33)29-22-13-12-18(3)14-19(22)4)30-25(32)23-15-20-10-8-9-11-21(20)16-31(23)27(34)35-28(5,6)7/h8-14,17,23-24H,15-16H2,1-7H3,(H,29,33)(H,30,32)/t23-,24-/m0/s1. The molecule has 1 heterocycles. The van der Waals surface area contributed by atoms with Gasteiger partial charge in [-0.2, -0.15) is 0 Å². The van der Waals surface area contributed by atoms with Crippen molar-refractivity contribution in [3.63, 3.8) is 0 Å². The number of ether oxygens (including phenoxy) is 1. The molecule has 2 atom stereocenters. The first-order valence-corrected chi connectivity index (χ1v) is 12.1. The Morgan fingerprint density at radius 3 is 2.29 bits per heavy atom. The molecule has 1 aliphatic heterocycles. The van der Waals surface area contributed by atoms with Crippen LogP contribution in [-0.4, -0.2) is 40.5 Å².